The first-order valence-corrected chi connectivity index (χ1v) is 11.7. The van der Waals surface area contributed by atoms with Gasteiger partial charge >= 0.3 is 0 Å². The lowest BCUT2D eigenvalue weighted by atomic mass is 9.94. The van der Waals surface area contributed by atoms with Gasteiger partial charge in [-0.2, -0.15) is 0 Å². The molecule has 0 unspecified atom stereocenters. The number of halogens is 1. The molecule has 2 atom stereocenters. The standard InChI is InChI=1S/C26H32FN3O3/c1-19(18-30-10-9-21-16-23(27)7-8-24(21)30)28-26(32)22(15-20-5-3-2-4-6-20)17-25(31)29-11-13-33-14-12-29/h2-8,16,19,22H,9-15,17-18H2,1H3,(H,28,32)/t19-,22+/m0/s1. The maximum atomic E-state index is 13.5. The van der Waals surface area contributed by atoms with Crippen LogP contribution in [0.1, 0.15) is 24.5 Å². The fourth-order valence-electron chi connectivity index (χ4n) is 4.67. The number of rotatable bonds is 8. The number of nitrogens with zero attached hydrogens (tertiary/aromatic N) is 2. The van der Waals surface area contributed by atoms with Gasteiger partial charge in [0.15, 0.2) is 0 Å². The quantitative estimate of drug-likeness (QED) is 0.668. The summed E-state index contributed by atoms with van der Waals surface area (Å²) in [5.41, 5.74) is 3.07. The van der Waals surface area contributed by atoms with Gasteiger partial charge in [-0.1, -0.05) is 30.3 Å². The first-order valence-electron chi connectivity index (χ1n) is 11.7. The molecule has 0 aliphatic carbocycles. The lowest BCUT2D eigenvalue weighted by Crippen LogP contribution is -2.46. The average Bonchev–Trinajstić information content (AvgIpc) is 3.21. The number of amides is 2. The molecule has 2 aromatic carbocycles. The third-order valence-electron chi connectivity index (χ3n) is 6.40. The summed E-state index contributed by atoms with van der Waals surface area (Å²) in [6.07, 6.45) is 1.50. The van der Waals surface area contributed by atoms with E-state index < -0.39 is 5.92 Å². The molecular weight excluding hydrogens is 421 g/mol. The van der Waals surface area contributed by atoms with Gasteiger partial charge in [-0.05, 0) is 49.1 Å². The summed E-state index contributed by atoms with van der Waals surface area (Å²) in [5.74, 6) is -0.764. The van der Waals surface area contributed by atoms with Crippen LogP contribution in [0.2, 0.25) is 0 Å². The SMILES string of the molecule is C[C@@H](CN1CCc2cc(F)ccc21)NC(=O)[C@@H](CC(=O)N1CCOCC1)Cc1ccccc1. The molecule has 2 heterocycles. The smallest absolute Gasteiger partial charge is 0.224 e. The topological polar surface area (TPSA) is 61.9 Å². The summed E-state index contributed by atoms with van der Waals surface area (Å²) in [5, 5.41) is 3.13. The van der Waals surface area contributed by atoms with E-state index >= 15 is 0 Å². The highest BCUT2D eigenvalue weighted by Gasteiger charge is 2.28. The number of benzene rings is 2. The largest absolute Gasteiger partial charge is 0.378 e. The second kappa shape index (κ2) is 10.8. The zero-order chi connectivity index (χ0) is 23.2. The van der Waals surface area contributed by atoms with E-state index in [1.54, 1.807) is 11.0 Å². The van der Waals surface area contributed by atoms with Crippen molar-refractivity contribution in [2.75, 3.05) is 44.3 Å². The highest BCUT2D eigenvalue weighted by atomic mass is 19.1. The van der Waals surface area contributed by atoms with Crippen LogP contribution < -0.4 is 10.2 Å². The lowest BCUT2D eigenvalue weighted by molar-refractivity contribution is -0.139. The van der Waals surface area contributed by atoms with Crippen LogP contribution in [-0.2, 0) is 27.2 Å². The molecule has 0 bridgehead atoms. The van der Waals surface area contributed by atoms with Gasteiger partial charge in [0, 0.05) is 44.3 Å². The third kappa shape index (κ3) is 6.11. The molecular formula is C26H32FN3O3. The molecule has 176 valence electrons. The van der Waals surface area contributed by atoms with E-state index in [1.807, 2.05) is 43.3 Å². The number of carbonyl (C=O) groups excluding carboxylic acids is 2. The van der Waals surface area contributed by atoms with Gasteiger partial charge in [-0.15, -0.1) is 0 Å². The van der Waals surface area contributed by atoms with Crippen LogP contribution in [-0.4, -0.2) is 62.1 Å². The number of ether oxygens (including phenoxy) is 1. The highest BCUT2D eigenvalue weighted by molar-refractivity contribution is 5.86. The second-order valence-electron chi connectivity index (χ2n) is 8.96. The highest BCUT2D eigenvalue weighted by Crippen LogP contribution is 2.28. The molecule has 6 nitrogen and oxygen atoms in total. The first kappa shape index (κ1) is 23.2. The van der Waals surface area contributed by atoms with Crippen molar-refractivity contribution in [3.8, 4) is 0 Å². The van der Waals surface area contributed by atoms with E-state index in [-0.39, 0.29) is 30.1 Å². The van der Waals surface area contributed by atoms with Crippen LogP contribution in [0.3, 0.4) is 0 Å². The summed E-state index contributed by atoms with van der Waals surface area (Å²) >= 11 is 0. The molecule has 0 radical (unpaired) electrons. The third-order valence-corrected chi connectivity index (χ3v) is 6.40. The summed E-state index contributed by atoms with van der Waals surface area (Å²) in [7, 11) is 0. The predicted octanol–water partition coefficient (Wildman–Crippen LogP) is 2.80. The molecule has 2 amide bonds. The van der Waals surface area contributed by atoms with E-state index in [2.05, 4.69) is 10.2 Å². The fourth-order valence-corrected chi connectivity index (χ4v) is 4.67. The number of carbonyl (C=O) groups is 2. The van der Waals surface area contributed by atoms with Crippen molar-refractivity contribution in [1.29, 1.82) is 0 Å². The maximum absolute atomic E-state index is 13.5. The Morgan fingerprint density at radius 3 is 2.61 bits per heavy atom. The number of anilines is 1. The summed E-state index contributed by atoms with van der Waals surface area (Å²) in [6.45, 7) is 5.65. The molecule has 0 aromatic heterocycles. The average molecular weight is 454 g/mol. The van der Waals surface area contributed by atoms with Gasteiger partial charge in [0.25, 0.3) is 0 Å². The molecule has 1 saturated heterocycles. The maximum Gasteiger partial charge on any atom is 0.224 e. The molecule has 0 spiro atoms. The van der Waals surface area contributed by atoms with Crippen LogP contribution in [0.4, 0.5) is 10.1 Å². The normalized spacial score (nSPS) is 17.4. The second-order valence-corrected chi connectivity index (χ2v) is 8.96. The van der Waals surface area contributed by atoms with E-state index in [0.717, 1.165) is 29.8 Å². The minimum atomic E-state index is -0.440. The van der Waals surface area contributed by atoms with E-state index in [4.69, 9.17) is 4.74 Å². The minimum absolute atomic E-state index is 0.00229. The van der Waals surface area contributed by atoms with Crippen molar-refractivity contribution in [3.05, 3.63) is 65.5 Å². The predicted molar refractivity (Wildman–Crippen MR) is 126 cm³/mol. The molecule has 2 aliphatic heterocycles. The van der Waals surface area contributed by atoms with Crippen molar-refractivity contribution in [3.63, 3.8) is 0 Å². The summed E-state index contributed by atoms with van der Waals surface area (Å²) in [4.78, 5) is 30.1. The van der Waals surface area contributed by atoms with Crippen molar-refractivity contribution in [1.82, 2.24) is 10.2 Å². The summed E-state index contributed by atoms with van der Waals surface area (Å²) < 4.78 is 18.9. The molecule has 4 rings (SSSR count). The van der Waals surface area contributed by atoms with Gasteiger partial charge < -0.3 is 19.9 Å². The van der Waals surface area contributed by atoms with Gasteiger partial charge in [-0.3, -0.25) is 9.59 Å². The monoisotopic (exact) mass is 453 g/mol. The molecule has 1 fully saturated rings. The van der Waals surface area contributed by atoms with Crippen molar-refractivity contribution >= 4 is 17.5 Å². The Bertz CT molecular complexity index is 963. The molecule has 2 aromatic rings. The molecule has 0 saturated carbocycles. The number of hydrogen-bond acceptors (Lipinski definition) is 4. The van der Waals surface area contributed by atoms with Gasteiger partial charge in [0.1, 0.15) is 5.82 Å². The Morgan fingerprint density at radius 2 is 1.85 bits per heavy atom. The lowest BCUT2D eigenvalue weighted by Gasteiger charge is -2.29. The Kier molecular flexibility index (Phi) is 7.60. The van der Waals surface area contributed by atoms with E-state index in [1.165, 1.54) is 6.07 Å². The van der Waals surface area contributed by atoms with Crippen LogP contribution in [0.25, 0.3) is 0 Å². The Morgan fingerprint density at radius 1 is 1.09 bits per heavy atom. The molecule has 2 aliphatic rings. The fraction of sp³-hybridized carbons (Fsp3) is 0.462. The number of nitrogens with one attached hydrogen (secondary N) is 1. The van der Waals surface area contributed by atoms with Crippen molar-refractivity contribution in [2.45, 2.75) is 32.2 Å². The Labute approximate surface area is 194 Å². The molecule has 7 heteroatoms. The van der Waals surface area contributed by atoms with Crippen LogP contribution in [0.5, 0.6) is 0 Å². The van der Waals surface area contributed by atoms with Gasteiger partial charge in [-0.25, -0.2) is 4.39 Å². The number of hydrogen-bond donors (Lipinski definition) is 1. The van der Waals surface area contributed by atoms with Gasteiger partial charge in [0.2, 0.25) is 11.8 Å². The zero-order valence-corrected chi connectivity index (χ0v) is 19.1. The molecule has 33 heavy (non-hydrogen) atoms. The Balaban J connectivity index is 1.39. The minimum Gasteiger partial charge on any atom is -0.378 e. The number of fused-ring (bicyclic) bond motifs is 1. The first-order chi connectivity index (χ1) is 16.0. The van der Waals surface area contributed by atoms with Gasteiger partial charge in [0.05, 0.1) is 19.1 Å². The Hall–Kier alpha value is -2.93. The number of morpholine rings is 1. The van der Waals surface area contributed by atoms with Crippen molar-refractivity contribution in [2.24, 2.45) is 5.92 Å². The van der Waals surface area contributed by atoms with Crippen molar-refractivity contribution < 1.29 is 18.7 Å². The summed E-state index contributed by atoms with van der Waals surface area (Å²) in [6, 6.07) is 14.6. The van der Waals surface area contributed by atoms with Crippen LogP contribution in [0.15, 0.2) is 48.5 Å². The van der Waals surface area contributed by atoms with Crippen LogP contribution in [0, 0.1) is 11.7 Å². The van der Waals surface area contributed by atoms with E-state index in [0.29, 0.717) is 39.3 Å². The van der Waals surface area contributed by atoms with E-state index in [9.17, 15) is 14.0 Å². The zero-order valence-electron chi connectivity index (χ0n) is 19.1. The molecule has 1 N–H and O–H groups in total. The van der Waals surface area contributed by atoms with Crippen LogP contribution >= 0.6 is 0 Å².